The van der Waals surface area contributed by atoms with E-state index in [9.17, 15) is 0 Å². The zero-order valence-electron chi connectivity index (χ0n) is 14.0. The van der Waals surface area contributed by atoms with E-state index in [1.807, 2.05) is 11.9 Å². The van der Waals surface area contributed by atoms with Crippen LogP contribution in [-0.2, 0) is 14.3 Å². The fourth-order valence-corrected chi connectivity index (χ4v) is 2.40. The number of carboxylic acid groups (broad SMARTS) is 2. The fourth-order valence-electron chi connectivity index (χ4n) is 1.47. The summed E-state index contributed by atoms with van der Waals surface area (Å²) in [5.41, 5.74) is 0. The zero-order chi connectivity index (χ0) is 20.1. The fraction of sp³-hybridized carbons (Fsp3) is 0.467. The molecule has 0 bridgehead atoms. The molecular formula is C15H20Cl3NO7. The van der Waals surface area contributed by atoms with Gasteiger partial charge in [-0.1, -0.05) is 34.8 Å². The second kappa shape index (κ2) is 13.9. The summed E-state index contributed by atoms with van der Waals surface area (Å²) in [6.07, 6.45) is 0. The molecule has 0 fully saturated rings. The van der Waals surface area contributed by atoms with Crippen molar-refractivity contribution < 1.29 is 34.4 Å². The number of hydrogen-bond donors (Lipinski definition) is 3. The van der Waals surface area contributed by atoms with Gasteiger partial charge in [0.2, 0.25) is 0 Å². The minimum atomic E-state index is -1.82. The Morgan fingerprint density at radius 2 is 1.54 bits per heavy atom. The summed E-state index contributed by atoms with van der Waals surface area (Å²) in [5.74, 6) is -3.23. The van der Waals surface area contributed by atoms with Crippen molar-refractivity contribution >= 4 is 46.7 Å². The monoisotopic (exact) mass is 431 g/mol. The first-order valence-corrected chi connectivity index (χ1v) is 8.43. The molecule has 0 radical (unpaired) electrons. The van der Waals surface area contributed by atoms with Crippen LogP contribution in [-0.4, -0.2) is 78.7 Å². The third kappa shape index (κ3) is 11.3. The Bertz CT molecular complexity index is 551. The SMILES string of the molecule is CN(CCO)CCOCCOc1c(Cl)cc(Cl)cc1Cl.O=C(O)C(=O)O. The molecule has 0 atom stereocenters. The van der Waals surface area contributed by atoms with Crippen molar-refractivity contribution in [1.29, 1.82) is 0 Å². The van der Waals surface area contributed by atoms with Crippen LogP contribution in [0.1, 0.15) is 0 Å². The molecule has 0 aliphatic carbocycles. The molecule has 26 heavy (non-hydrogen) atoms. The van der Waals surface area contributed by atoms with Crippen LogP contribution in [0, 0.1) is 0 Å². The van der Waals surface area contributed by atoms with Gasteiger partial charge in [0, 0.05) is 18.1 Å². The third-order valence-corrected chi connectivity index (χ3v) is 3.50. The minimum Gasteiger partial charge on any atom is -0.488 e. The molecule has 1 rings (SSSR count). The molecule has 11 heteroatoms. The summed E-state index contributed by atoms with van der Waals surface area (Å²) >= 11 is 17.8. The molecule has 0 aliphatic heterocycles. The van der Waals surface area contributed by atoms with Crippen molar-refractivity contribution in [1.82, 2.24) is 4.90 Å². The van der Waals surface area contributed by atoms with E-state index in [2.05, 4.69) is 0 Å². The zero-order valence-corrected chi connectivity index (χ0v) is 16.2. The van der Waals surface area contributed by atoms with E-state index in [-0.39, 0.29) is 6.61 Å². The van der Waals surface area contributed by atoms with Crippen molar-refractivity contribution in [2.24, 2.45) is 0 Å². The van der Waals surface area contributed by atoms with Crippen molar-refractivity contribution in [2.45, 2.75) is 0 Å². The lowest BCUT2D eigenvalue weighted by Gasteiger charge is -2.15. The van der Waals surface area contributed by atoms with Gasteiger partial charge in [0.15, 0.2) is 5.75 Å². The number of aliphatic carboxylic acids is 2. The van der Waals surface area contributed by atoms with Gasteiger partial charge in [0.05, 0.1) is 29.9 Å². The van der Waals surface area contributed by atoms with Gasteiger partial charge in [0.25, 0.3) is 0 Å². The maximum absolute atomic E-state index is 9.10. The van der Waals surface area contributed by atoms with Crippen LogP contribution < -0.4 is 4.74 Å². The number of benzene rings is 1. The molecule has 0 saturated carbocycles. The predicted octanol–water partition coefficient (Wildman–Crippen LogP) is 2.12. The third-order valence-electron chi connectivity index (χ3n) is 2.72. The van der Waals surface area contributed by atoms with Gasteiger partial charge in [-0.25, -0.2) is 9.59 Å². The van der Waals surface area contributed by atoms with Gasteiger partial charge in [-0.3, -0.25) is 0 Å². The predicted molar refractivity (Wildman–Crippen MR) is 97.6 cm³/mol. The number of hydrogen-bond acceptors (Lipinski definition) is 6. The van der Waals surface area contributed by atoms with Crippen LogP contribution in [0.15, 0.2) is 12.1 Å². The smallest absolute Gasteiger partial charge is 0.414 e. The average Bonchev–Trinajstić information content (AvgIpc) is 2.53. The quantitative estimate of drug-likeness (QED) is 0.401. The normalized spacial score (nSPS) is 10.2. The molecular weight excluding hydrogens is 413 g/mol. The highest BCUT2D eigenvalue weighted by molar-refractivity contribution is 6.40. The Morgan fingerprint density at radius 3 is 2.00 bits per heavy atom. The van der Waals surface area contributed by atoms with Gasteiger partial charge >= 0.3 is 11.9 Å². The molecule has 0 spiro atoms. The number of likely N-dealkylation sites (N-methyl/N-ethyl adjacent to an activating group) is 1. The highest BCUT2D eigenvalue weighted by Crippen LogP contribution is 2.35. The summed E-state index contributed by atoms with van der Waals surface area (Å²) in [4.78, 5) is 20.2. The van der Waals surface area contributed by atoms with Gasteiger partial charge in [-0.2, -0.15) is 0 Å². The number of halogens is 3. The van der Waals surface area contributed by atoms with Crippen LogP contribution in [0.2, 0.25) is 15.1 Å². The molecule has 0 aliphatic rings. The highest BCUT2D eigenvalue weighted by Gasteiger charge is 2.09. The number of rotatable bonds is 9. The molecule has 0 amide bonds. The van der Waals surface area contributed by atoms with Gasteiger partial charge < -0.3 is 29.7 Å². The summed E-state index contributed by atoms with van der Waals surface area (Å²) in [7, 11) is 1.92. The molecule has 1 aromatic rings. The van der Waals surface area contributed by atoms with Crippen molar-refractivity contribution in [3.63, 3.8) is 0 Å². The lowest BCUT2D eigenvalue weighted by atomic mass is 10.3. The Morgan fingerprint density at radius 1 is 1.00 bits per heavy atom. The summed E-state index contributed by atoms with van der Waals surface area (Å²) in [6.45, 7) is 2.89. The van der Waals surface area contributed by atoms with E-state index < -0.39 is 11.9 Å². The molecule has 148 valence electrons. The maximum Gasteiger partial charge on any atom is 0.414 e. The van der Waals surface area contributed by atoms with Crippen LogP contribution in [0.25, 0.3) is 0 Å². The number of aliphatic hydroxyl groups is 1. The molecule has 0 saturated heterocycles. The Kier molecular flexibility index (Phi) is 13.2. The van der Waals surface area contributed by atoms with Crippen LogP contribution in [0.5, 0.6) is 5.75 Å². The van der Waals surface area contributed by atoms with Gasteiger partial charge in [-0.15, -0.1) is 0 Å². The van der Waals surface area contributed by atoms with E-state index in [1.165, 1.54) is 0 Å². The second-order valence-corrected chi connectivity index (χ2v) is 6.05. The second-order valence-electron chi connectivity index (χ2n) is 4.80. The van der Waals surface area contributed by atoms with Crippen molar-refractivity contribution in [2.75, 3.05) is 46.6 Å². The Balaban J connectivity index is 0.000000896. The highest BCUT2D eigenvalue weighted by atomic mass is 35.5. The first-order valence-electron chi connectivity index (χ1n) is 7.29. The lowest BCUT2D eigenvalue weighted by Crippen LogP contribution is -2.26. The summed E-state index contributed by atoms with van der Waals surface area (Å²) in [5, 5.41) is 24.7. The molecule has 3 N–H and O–H groups in total. The van der Waals surface area contributed by atoms with E-state index in [1.54, 1.807) is 12.1 Å². The average molecular weight is 433 g/mol. The maximum atomic E-state index is 9.10. The van der Waals surface area contributed by atoms with Crippen molar-refractivity contribution in [3.8, 4) is 5.75 Å². The number of nitrogens with zero attached hydrogens (tertiary/aromatic N) is 1. The number of carboxylic acids is 2. The van der Waals surface area contributed by atoms with Crippen LogP contribution >= 0.6 is 34.8 Å². The first kappa shape index (κ1) is 24.7. The summed E-state index contributed by atoms with van der Waals surface area (Å²) in [6, 6.07) is 3.16. The first-order chi connectivity index (χ1) is 12.2. The number of ether oxygens (including phenoxy) is 2. The molecule has 8 nitrogen and oxygen atoms in total. The van der Waals surface area contributed by atoms with E-state index in [0.29, 0.717) is 47.2 Å². The van der Waals surface area contributed by atoms with E-state index in [4.69, 9.17) is 69.2 Å². The number of carbonyl (C=O) groups is 2. The standard InChI is InChI=1S/C13H18Cl3NO3.C2H2O4/c1-17(2-4-18)3-5-19-6-7-20-13-11(15)8-10(14)9-12(13)16;3-1(4)2(5)6/h8-9,18H,2-7H2,1H3;(H,3,4)(H,5,6). The van der Waals surface area contributed by atoms with Crippen molar-refractivity contribution in [3.05, 3.63) is 27.2 Å². The molecule has 0 aromatic heterocycles. The molecule has 0 heterocycles. The largest absolute Gasteiger partial charge is 0.488 e. The minimum absolute atomic E-state index is 0.146. The topological polar surface area (TPSA) is 117 Å². The van der Waals surface area contributed by atoms with Crippen LogP contribution in [0.3, 0.4) is 0 Å². The lowest BCUT2D eigenvalue weighted by molar-refractivity contribution is -0.159. The Hall–Kier alpha value is -1.29. The van der Waals surface area contributed by atoms with Gasteiger partial charge in [-0.05, 0) is 19.2 Å². The van der Waals surface area contributed by atoms with Crippen LogP contribution in [0.4, 0.5) is 0 Å². The van der Waals surface area contributed by atoms with Gasteiger partial charge in [0.1, 0.15) is 6.61 Å². The molecule has 0 unspecified atom stereocenters. The number of aliphatic hydroxyl groups excluding tert-OH is 1. The summed E-state index contributed by atoms with van der Waals surface area (Å²) < 4.78 is 10.9. The Labute approximate surface area is 165 Å². The van der Waals surface area contributed by atoms with E-state index in [0.717, 1.165) is 6.54 Å². The molecule has 1 aromatic carbocycles. The van der Waals surface area contributed by atoms with E-state index >= 15 is 0 Å².